The number of carbonyl (C=O) groups is 2. The minimum Gasteiger partial charge on any atom is -0.480 e. The van der Waals surface area contributed by atoms with Crippen LogP contribution in [0.1, 0.15) is 13.3 Å². The molecule has 6 nitrogen and oxygen atoms in total. The molecule has 0 spiro atoms. The van der Waals surface area contributed by atoms with E-state index in [1.807, 2.05) is 0 Å². The Morgan fingerprint density at radius 1 is 1.53 bits per heavy atom. The summed E-state index contributed by atoms with van der Waals surface area (Å²) < 4.78 is 15.9. The summed E-state index contributed by atoms with van der Waals surface area (Å²) in [4.78, 5) is 21.3. The summed E-state index contributed by atoms with van der Waals surface area (Å²) in [5, 5.41) is 11.0. The van der Waals surface area contributed by atoms with Gasteiger partial charge in [0, 0.05) is 20.2 Å². The zero-order chi connectivity index (χ0) is 11.8. The molecule has 0 radical (unpaired) electrons. The molecule has 0 bridgehead atoms. The van der Waals surface area contributed by atoms with Crippen molar-refractivity contribution in [3.05, 3.63) is 0 Å². The van der Waals surface area contributed by atoms with Crippen molar-refractivity contribution in [1.29, 1.82) is 0 Å². The van der Waals surface area contributed by atoms with Gasteiger partial charge in [0.15, 0.2) is 0 Å². The van der Waals surface area contributed by atoms with Crippen LogP contribution in [0.15, 0.2) is 0 Å². The number of ether oxygens (including phenoxy) is 1. The number of nitrogens with one attached hydrogen (secondary N) is 1. The zero-order valence-corrected chi connectivity index (χ0v) is 9.78. The standard InChI is InChI=1S/C8H16NO5P/c1-6(10)9-7(8(11)12)3-4-15(13)5-14-2/h7,15H,3-5H2,1-2H3,(H,9,10)(H,11,12). The van der Waals surface area contributed by atoms with Gasteiger partial charge in [-0.05, 0) is 6.42 Å². The Balaban J connectivity index is 4.01. The van der Waals surface area contributed by atoms with Crippen molar-refractivity contribution in [2.75, 3.05) is 19.6 Å². The van der Waals surface area contributed by atoms with Crippen molar-refractivity contribution in [3.8, 4) is 0 Å². The highest BCUT2D eigenvalue weighted by Gasteiger charge is 2.18. The minimum absolute atomic E-state index is 0.150. The lowest BCUT2D eigenvalue weighted by atomic mass is 10.2. The van der Waals surface area contributed by atoms with Gasteiger partial charge < -0.3 is 19.7 Å². The first-order valence-electron chi connectivity index (χ1n) is 4.48. The molecule has 0 saturated heterocycles. The summed E-state index contributed by atoms with van der Waals surface area (Å²) >= 11 is 0. The topological polar surface area (TPSA) is 92.7 Å². The molecule has 0 aliphatic rings. The molecule has 0 saturated carbocycles. The van der Waals surface area contributed by atoms with E-state index in [1.54, 1.807) is 0 Å². The van der Waals surface area contributed by atoms with Crippen LogP contribution in [0.5, 0.6) is 0 Å². The first kappa shape index (κ1) is 14.1. The fourth-order valence-corrected chi connectivity index (χ4v) is 2.12. The number of carboxylic acid groups (broad SMARTS) is 1. The van der Waals surface area contributed by atoms with Gasteiger partial charge in [0.2, 0.25) is 5.91 Å². The van der Waals surface area contributed by atoms with Gasteiger partial charge in [0.25, 0.3) is 0 Å². The summed E-state index contributed by atoms with van der Waals surface area (Å²) in [7, 11) is -0.455. The van der Waals surface area contributed by atoms with Gasteiger partial charge in [-0.15, -0.1) is 0 Å². The average Bonchev–Trinajstić information content (AvgIpc) is 2.11. The third kappa shape index (κ3) is 7.11. The fraction of sp³-hybridized carbons (Fsp3) is 0.750. The molecule has 0 aliphatic heterocycles. The SMILES string of the molecule is COC[PH](=O)CCC(NC(C)=O)C(=O)O. The van der Waals surface area contributed by atoms with Gasteiger partial charge in [-0.1, -0.05) is 0 Å². The molecule has 0 heterocycles. The molecule has 0 aromatic carbocycles. The monoisotopic (exact) mass is 237 g/mol. The predicted octanol–water partition coefficient (Wildman–Crippen LogP) is 0.129. The van der Waals surface area contributed by atoms with Crippen molar-refractivity contribution >= 4 is 19.7 Å². The second kappa shape index (κ2) is 7.43. The molecule has 0 aromatic rings. The van der Waals surface area contributed by atoms with Crippen LogP contribution >= 0.6 is 7.80 Å². The first-order chi connectivity index (χ1) is 6.97. The van der Waals surface area contributed by atoms with E-state index >= 15 is 0 Å². The van der Waals surface area contributed by atoms with Crippen LogP contribution in [0.4, 0.5) is 0 Å². The Bertz CT molecular complexity index is 255. The third-order valence-electron chi connectivity index (χ3n) is 1.69. The molecule has 0 rings (SSSR count). The highest BCUT2D eigenvalue weighted by molar-refractivity contribution is 7.44. The Labute approximate surface area is 88.8 Å². The summed E-state index contributed by atoms with van der Waals surface area (Å²) in [6, 6.07) is -0.965. The van der Waals surface area contributed by atoms with Crippen LogP contribution in [-0.2, 0) is 18.9 Å². The average molecular weight is 237 g/mol. The first-order valence-corrected chi connectivity index (χ1v) is 6.30. The van der Waals surface area contributed by atoms with Crippen molar-refractivity contribution in [2.45, 2.75) is 19.4 Å². The second-order valence-corrected chi connectivity index (χ2v) is 4.97. The van der Waals surface area contributed by atoms with Gasteiger partial charge in [-0.25, -0.2) is 4.79 Å². The largest absolute Gasteiger partial charge is 0.480 e. The molecule has 0 aliphatic carbocycles. The predicted molar refractivity (Wildman–Crippen MR) is 55.6 cm³/mol. The Morgan fingerprint density at radius 3 is 2.53 bits per heavy atom. The molecule has 2 unspecified atom stereocenters. The van der Waals surface area contributed by atoms with E-state index in [2.05, 4.69) is 10.1 Å². The van der Waals surface area contributed by atoms with Crippen molar-refractivity contribution < 1.29 is 24.0 Å². The van der Waals surface area contributed by atoms with Gasteiger partial charge in [-0.3, -0.25) is 4.79 Å². The molecule has 7 heteroatoms. The van der Waals surface area contributed by atoms with Crippen molar-refractivity contribution in [2.24, 2.45) is 0 Å². The van der Waals surface area contributed by atoms with E-state index in [-0.39, 0.29) is 18.9 Å². The minimum atomic E-state index is -1.89. The lowest BCUT2D eigenvalue weighted by Gasteiger charge is -2.12. The maximum Gasteiger partial charge on any atom is 0.326 e. The number of aliphatic carboxylic acids is 1. The summed E-state index contributed by atoms with van der Waals surface area (Å²) in [6.07, 6.45) is 0.572. The van der Waals surface area contributed by atoms with E-state index in [0.29, 0.717) is 0 Å². The number of hydrogen-bond acceptors (Lipinski definition) is 4. The quantitative estimate of drug-likeness (QED) is 0.614. The molecule has 88 valence electrons. The Kier molecular flexibility index (Phi) is 6.99. The molecule has 0 fully saturated rings. The molecule has 0 aromatic heterocycles. The summed E-state index contributed by atoms with van der Waals surface area (Å²) in [5.41, 5.74) is 0. The van der Waals surface area contributed by atoms with E-state index in [1.165, 1.54) is 14.0 Å². The number of amides is 1. The molecule has 2 N–H and O–H groups in total. The van der Waals surface area contributed by atoms with Crippen LogP contribution in [0.2, 0.25) is 0 Å². The van der Waals surface area contributed by atoms with Gasteiger partial charge in [0.05, 0.1) is 6.35 Å². The highest BCUT2D eigenvalue weighted by atomic mass is 31.1. The lowest BCUT2D eigenvalue weighted by molar-refractivity contribution is -0.141. The maximum atomic E-state index is 11.2. The number of rotatable bonds is 7. The third-order valence-corrected chi connectivity index (χ3v) is 3.15. The van der Waals surface area contributed by atoms with E-state index in [9.17, 15) is 14.2 Å². The van der Waals surface area contributed by atoms with Crippen molar-refractivity contribution in [1.82, 2.24) is 5.32 Å². The fourth-order valence-electron chi connectivity index (χ4n) is 1.04. The molecule has 1 amide bonds. The van der Waals surface area contributed by atoms with Gasteiger partial charge in [0.1, 0.15) is 13.8 Å². The van der Waals surface area contributed by atoms with Gasteiger partial charge in [-0.2, -0.15) is 0 Å². The van der Waals surface area contributed by atoms with Crippen LogP contribution in [0.3, 0.4) is 0 Å². The zero-order valence-electron chi connectivity index (χ0n) is 8.78. The van der Waals surface area contributed by atoms with E-state index < -0.39 is 25.7 Å². The molecular formula is C8H16NO5P. The number of hydrogen-bond donors (Lipinski definition) is 2. The summed E-state index contributed by atoms with van der Waals surface area (Å²) in [5.74, 6) is -1.52. The van der Waals surface area contributed by atoms with Crippen LogP contribution in [0, 0.1) is 0 Å². The van der Waals surface area contributed by atoms with E-state index in [0.717, 1.165) is 0 Å². The normalized spacial score (nSPS) is 14.3. The van der Waals surface area contributed by atoms with Crippen molar-refractivity contribution in [3.63, 3.8) is 0 Å². The Hall–Kier alpha value is -0.870. The maximum absolute atomic E-state index is 11.2. The molecule has 15 heavy (non-hydrogen) atoms. The highest BCUT2D eigenvalue weighted by Crippen LogP contribution is 2.21. The van der Waals surface area contributed by atoms with Crippen LogP contribution in [-0.4, -0.2) is 42.6 Å². The Morgan fingerprint density at radius 2 is 2.13 bits per heavy atom. The molecule has 2 atom stereocenters. The smallest absolute Gasteiger partial charge is 0.326 e. The van der Waals surface area contributed by atoms with Crippen LogP contribution in [0.25, 0.3) is 0 Å². The number of carbonyl (C=O) groups excluding carboxylic acids is 1. The summed E-state index contributed by atoms with van der Waals surface area (Å²) in [6.45, 7) is 1.24. The van der Waals surface area contributed by atoms with E-state index in [4.69, 9.17) is 5.11 Å². The number of methoxy groups -OCH3 is 1. The van der Waals surface area contributed by atoms with Gasteiger partial charge >= 0.3 is 5.97 Å². The number of carboxylic acids is 1. The molecular weight excluding hydrogens is 221 g/mol. The van der Waals surface area contributed by atoms with Crippen LogP contribution < -0.4 is 5.32 Å². The second-order valence-electron chi connectivity index (χ2n) is 3.10. The lowest BCUT2D eigenvalue weighted by Crippen LogP contribution is -2.39.